The van der Waals surface area contributed by atoms with Gasteiger partial charge in [-0.3, -0.25) is 9.98 Å². The predicted molar refractivity (Wildman–Crippen MR) is 78.3 cm³/mol. The fourth-order valence-corrected chi connectivity index (χ4v) is 1.48. The van der Waals surface area contributed by atoms with Crippen molar-refractivity contribution in [2.24, 2.45) is 10.7 Å². The first kappa shape index (κ1) is 14.4. The summed E-state index contributed by atoms with van der Waals surface area (Å²) in [6.07, 6.45) is 2.72. The van der Waals surface area contributed by atoms with Crippen LogP contribution in [-0.4, -0.2) is 22.6 Å². The zero-order chi connectivity index (χ0) is 13.4. The maximum Gasteiger partial charge on any atom is 0.194 e. The smallest absolute Gasteiger partial charge is 0.194 e. The highest BCUT2D eigenvalue weighted by molar-refractivity contribution is 7.80. The van der Waals surface area contributed by atoms with E-state index >= 15 is 0 Å². The quantitative estimate of drug-likeness (QED) is 0.431. The lowest BCUT2D eigenvalue weighted by Crippen LogP contribution is -2.43. The van der Waals surface area contributed by atoms with Crippen molar-refractivity contribution >= 4 is 23.3 Å². The van der Waals surface area contributed by atoms with Crippen LogP contribution in [-0.2, 0) is 6.54 Å². The Morgan fingerprint density at radius 3 is 3.00 bits per heavy atom. The molecule has 1 heterocycles. The second kappa shape index (κ2) is 7.60. The lowest BCUT2D eigenvalue weighted by atomic mass is 10.2. The molecule has 0 bridgehead atoms. The summed E-state index contributed by atoms with van der Waals surface area (Å²) in [5.74, 6) is 0.340. The van der Waals surface area contributed by atoms with Crippen molar-refractivity contribution in [3.63, 3.8) is 0 Å². The zero-order valence-electron chi connectivity index (χ0n) is 10.7. The number of pyridine rings is 1. The number of thiocarbonyl (C=S) groups is 1. The average Bonchev–Trinajstić information content (AvgIpc) is 2.35. The van der Waals surface area contributed by atoms with Crippen LogP contribution in [0, 0.1) is 6.92 Å². The Hall–Kier alpha value is -1.69. The Bertz CT molecular complexity index is 430. The number of rotatable bonds is 4. The maximum atomic E-state index is 5.66. The van der Waals surface area contributed by atoms with Gasteiger partial charge in [-0.25, -0.2) is 0 Å². The Kier molecular flexibility index (Phi) is 6.07. The minimum Gasteiger partial charge on any atom is -0.370 e. The van der Waals surface area contributed by atoms with E-state index in [0.717, 1.165) is 17.7 Å². The molecule has 0 unspecified atom stereocenters. The third-order valence-corrected chi connectivity index (χ3v) is 2.53. The second-order valence-electron chi connectivity index (χ2n) is 3.84. The molecule has 0 saturated carbocycles. The minimum absolute atomic E-state index is 0.340. The fraction of sp³-hybridized carbons (Fsp3) is 0.417. The van der Waals surface area contributed by atoms with Gasteiger partial charge in [0.2, 0.25) is 0 Å². The molecule has 1 aromatic heterocycles. The lowest BCUT2D eigenvalue weighted by molar-refractivity contribution is 0.853. The van der Waals surface area contributed by atoms with Crippen LogP contribution in [0.25, 0.3) is 0 Å². The van der Waals surface area contributed by atoms with Crippen molar-refractivity contribution in [3.05, 3.63) is 29.6 Å². The average molecular weight is 265 g/mol. The molecule has 1 rings (SSSR count). The summed E-state index contributed by atoms with van der Waals surface area (Å²) in [6, 6.07) is 3.92. The largest absolute Gasteiger partial charge is 0.370 e. The first-order valence-electron chi connectivity index (χ1n) is 5.88. The summed E-state index contributed by atoms with van der Waals surface area (Å²) < 4.78 is 0. The summed E-state index contributed by atoms with van der Waals surface area (Å²) in [5.41, 5.74) is 7.74. The van der Waals surface area contributed by atoms with Gasteiger partial charge >= 0.3 is 0 Å². The highest BCUT2D eigenvalue weighted by atomic mass is 32.1. The van der Waals surface area contributed by atoms with Crippen LogP contribution in [0.5, 0.6) is 0 Å². The standard InChI is InChI=1S/C12H19N5S/c1-3-6-15-11(13)17-12(18)16-8-10-9(2)5-4-7-14-10/h4-5,7H,3,6,8H2,1-2H3,(H4,13,15,16,17,18). The molecule has 0 fully saturated rings. The first-order chi connectivity index (χ1) is 8.63. The van der Waals surface area contributed by atoms with Crippen molar-refractivity contribution in [2.75, 3.05) is 6.54 Å². The van der Waals surface area contributed by atoms with Crippen molar-refractivity contribution in [1.29, 1.82) is 0 Å². The Morgan fingerprint density at radius 1 is 1.56 bits per heavy atom. The monoisotopic (exact) mass is 265 g/mol. The number of aryl methyl sites for hydroxylation is 1. The topological polar surface area (TPSA) is 75.3 Å². The molecule has 18 heavy (non-hydrogen) atoms. The van der Waals surface area contributed by atoms with E-state index in [-0.39, 0.29) is 0 Å². The molecule has 1 aromatic rings. The van der Waals surface area contributed by atoms with Crippen LogP contribution in [0.3, 0.4) is 0 Å². The van der Waals surface area contributed by atoms with Gasteiger partial charge in [0.15, 0.2) is 11.1 Å². The minimum atomic E-state index is 0.340. The number of nitrogens with two attached hydrogens (primary N) is 1. The zero-order valence-corrected chi connectivity index (χ0v) is 11.5. The summed E-state index contributed by atoms with van der Waals surface area (Å²) in [5, 5.41) is 6.32. The maximum absolute atomic E-state index is 5.66. The molecule has 0 spiro atoms. The van der Waals surface area contributed by atoms with Gasteiger partial charge in [-0.1, -0.05) is 13.0 Å². The van der Waals surface area contributed by atoms with E-state index in [1.54, 1.807) is 6.20 Å². The third kappa shape index (κ3) is 5.09. The van der Waals surface area contributed by atoms with E-state index in [9.17, 15) is 0 Å². The molecule has 0 saturated heterocycles. The first-order valence-corrected chi connectivity index (χ1v) is 6.29. The van der Waals surface area contributed by atoms with E-state index in [0.29, 0.717) is 24.2 Å². The molecule has 0 aliphatic rings. The van der Waals surface area contributed by atoms with E-state index in [1.807, 2.05) is 26.0 Å². The van der Waals surface area contributed by atoms with E-state index in [1.165, 1.54) is 0 Å². The van der Waals surface area contributed by atoms with Gasteiger partial charge in [-0.05, 0) is 37.2 Å². The van der Waals surface area contributed by atoms with Gasteiger partial charge in [0.1, 0.15) is 0 Å². The molecule has 0 aliphatic carbocycles. The predicted octanol–water partition coefficient (Wildman–Crippen LogP) is 1.08. The molecule has 4 N–H and O–H groups in total. The van der Waals surface area contributed by atoms with Gasteiger partial charge in [0.05, 0.1) is 12.2 Å². The third-order valence-electron chi connectivity index (χ3n) is 2.28. The molecule has 5 nitrogen and oxygen atoms in total. The Labute approximate surface area is 113 Å². The Morgan fingerprint density at radius 2 is 2.33 bits per heavy atom. The molecule has 0 atom stereocenters. The van der Waals surface area contributed by atoms with Gasteiger partial charge < -0.3 is 16.4 Å². The van der Waals surface area contributed by atoms with Crippen LogP contribution in [0.15, 0.2) is 23.3 Å². The van der Waals surface area contributed by atoms with Gasteiger partial charge in [-0.15, -0.1) is 0 Å². The molecule has 0 aromatic carbocycles. The molecule has 0 radical (unpaired) electrons. The number of guanidine groups is 1. The number of aromatic nitrogens is 1. The van der Waals surface area contributed by atoms with Crippen LogP contribution in [0.1, 0.15) is 24.6 Å². The Balaban J connectivity index is 2.40. The molecular weight excluding hydrogens is 246 g/mol. The summed E-state index contributed by atoms with van der Waals surface area (Å²) in [7, 11) is 0. The number of aliphatic imine (C=N–C) groups is 1. The lowest BCUT2D eigenvalue weighted by Gasteiger charge is -2.10. The van der Waals surface area contributed by atoms with Crippen LogP contribution < -0.4 is 16.4 Å². The molecule has 0 amide bonds. The van der Waals surface area contributed by atoms with E-state index in [2.05, 4.69) is 20.6 Å². The summed E-state index contributed by atoms with van der Waals surface area (Å²) in [4.78, 5) is 8.36. The van der Waals surface area contributed by atoms with Gasteiger partial charge in [-0.2, -0.15) is 0 Å². The normalized spacial score (nSPS) is 11.1. The van der Waals surface area contributed by atoms with Crippen molar-refractivity contribution in [2.45, 2.75) is 26.8 Å². The molecule has 6 heteroatoms. The van der Waals surface area contributed by atoms with Crippen molar-refractivity contribution in [3.8, 4) is 0 Å². The fourth-order valence-electron chi connectivity index (χ4n) is 1.30. The number of hydrogen-bond acceptors (Lipinski definition) is 3. The van der Waals surface area contributed by atoms with Crippen molar-refractivity contribution in [1.82, 2.24) is 15.6 Å². The van der Waals surface area contributed by atoms with Crippen LogP contribution in [0.2, 0.25) is 0 Å². The van der Waals surface area contributed by atoms with Gasteiger partial charge in [0.25, 0.3) is 0 Å². The molecule has 98 valence electrons. The number of nitrogens with one attached hydrogen (secondary N) is 2. The van der Waals surface area contributed by atoms with E-state index < -0.39 is 0 Å². The highest BCUT2D eigenvalue weighted by Crippen LogP contribution is 2.01. The van der Waals surface area contributed by atoms with Crippen LogP contribution in [0.4, 0.5) is 0 Å². The number of nitrogens with zero attached hydrogens (tertiary/aromatic N) is 2. The van der Waals surface area contributed by atoms with E-state index in [4.69, 9.17) is 18.0 Å². The summed E-state index contributed by atoms with van der Waals surface area (Å²) >= 11 is 5.11. The molecular formula is C12H19N5S. The number of hydrogen-bond donors (Lipinski definition) is 3. The SMILES string of the molecule is CCCN=C(N)NC(=S)NCc1ncccc1C. The van der Waals surface area contributed by atoms with Crippen LogP contribution >= 0.6 is 12.2 Å². The molecule has 0 aliphatic heterocycles. The van der Waals surface area contributed by atoms with Gasteiger partial charge in [0, 0.05) is 12.7 Å². The summed E-state index contributed by atoms with van der Waals surface area (Å²) in [6.45, 7) is 5.31. The second-order valence-corrected chi connectivity index (χ2v) is 4.25. The van der Waals surface area contributed by atoms with Crippen molar-refractivity contribution < 1.29 is 0 Å². The highest BCUT2D eigenvalue weighted by Gasteiger charge is 2.01.